The number of thiophene rings is 1. The normalized spacial score (nSPS) is 11.8. The van der Waals surface area contributed by atoms with E-state index in [1.54, 1.807) is 0 Å². The Morgan fingerprint density at radius 1 is 0.326 bits per heavy atom. The molecule has 19 aromatic rings. The third kappa shape index (κ3) is 8.15. The Morgan fingerprint density at radius 3 is 1.47 bits per heavy atom. The van der Waals surface area contributed by atoms with Crippen LogP contribution in [0.3, 0.4) is 0 Å². The first-order chi connectivity index (χ1) is 44.2. The first-order valence-electron chi connectivity index (χ1n) is 30.0. The van der Waals surface area contributed by atoms with E-state index in [0.717, 1.165) is 77.9 Å². The molecule has 89 heavy (non-hydrogen) atoms. The topological polar surface area (TPSA) is 66.6 Å². The fourth-order valence-electron chi connectivity index (χ4n) is 13.6. The SMILES string of the molecule is c1ccc(-c2cccc(-n3c4ccccc4c4cc(-c5cc(-c6ccccc6)nc(-c6ccccc6)n5)c5oc6ccccc6c5c43)c2)cc1.c1ccc2c(c1)c1ccccc1n2-c1ccc2sc3c(-n4c5ccccc5c5ccccc54)nccc3c2c1. The van der Waals surface area contributed by atoms with Gasteiger partial charge in [0, 0.05) is 87.4 Å². The van der Waals surface area contributed by atoms with Crippen LogP contribution in [0, 0.1) is 0 Å². The molecular weight excluding hydrogens is 1100 g/mol. The van der Waals surface area contributed by atoms with Gasteiger partial charge in [0.1, 0.15) is 11.2 Å². The molecule has 12 aromatic carbocycles. The number of benzene rings is 12. The molecule has 0 saturated heterocycles. The van der Waals surface area contributed by atoms with E-state index in [1.165, 1.54) is 86.0 Å². The van der Waals surface area contributed by atoms with Crippen molar-refractivity contribution in [2.45, 2.75) is 0 Å². The minimum absolute atomic E-state index is 0.673. The van der Waals surface area contributed by atoms with E-state index >= 15 is 0 Å². The van der Waals surface area contributed by atoms with Crippen molar-refractivity contribution >= 4 is 119 Å². The molecular formula is C81H50N6OS. The maximum Gasteiger partial charge on any atom is 0.160 e. The molecule has 0 spiro atoms. The van der Waals surface area contributed by atoms with E-state index in [0.29, 0.717) is 5.82 Å². The van der Waals surface area contributed by atoms with Crippen molar-refractivity contribution in [3.05, 3.63) is 303 Å². The second kappa shape index (κ2) is 20.5. The fourth-order valence-corrected chi connectivity index (χ4v) is 14.8. The van der Waals surface area contributed by atoms with Crippen molar-refractivity contribution in [3.63, 3.8) is 0 Å². The van der Waals surface area contributed by atoms with Crippen LogP contribution < -0.4 is 0 Å². The third-order valence-electron chi connectivity index (χ3n) is 17.6. The Bertz CT molecular complexity index is 5830. The maximum atomic E-state index is 6.84. The lowest BCUT2D eigenvalue weighted by Gasteiger charge is -2.13. The zero-order valence-corrected chi connectivity index (χ0v) is 48.7. The number of hydrogen-bond acceptors (Lipinski definition) is 5. The molecule has 7 aromatic heterocycles. The summed E-state index contributed by atoms with van der Waals surface area (Å²) in [6.07, 6.45) is 1.96. The summed E-state index contributed by atoms with van der Waals surface area (Å²) in [6.45, 7) is 0. The highest BCUT2D eigenvalue weighted by molar-refractivity contribution is 7.26. The third-order valence-corrected chi connectivity index (χ3v) is 18.8. The Morgan fingerprint density at radius 2 is 0.831 bits per heavy atom. The van der Waals surface area contributed by atoms with Crippen molar-refractivity contribution in [1.82, 2.24) is 28.7 Å². The van der Waals surface area contributed by atoms with Crippen LogP contribution in [0.5, 0.6) is 0 Å². The van der Waals surface area contributed by atoms with Crippen LogP contribution in [0.1, 0.15) is 0 Å². The molecule has 0 aliphatic rings. The molecule has 0 aliphatic heterocycles. The second-order valence-corrected chi connectivity index (χ2v) is 23.7. The molecule has 0 unspecified atom stereocenters. The van der Waals surface area contributed by atoms with Gasteiger partial charge in [-0.2, -0.15) is 0 Å². The second-order valence-electron chi connectivity index (χ2n) is 22.6. The van der Waals surface area contributed by atoms with Gasteiger partial charge < -0.3 is 13.6 Å². The molecule has 0 N–H and O–H groups in total. The first-order valence-corrected chi connectivity index (χ1v) is 30.8. The molecule has 0 bridgehead atoms. The Balaban J connectivity index is 0.000000137. The predicted octanol–water partition coefficient (Wildman–Crippen LogP) is 21.8. The summed E-state index contributed by atoms with van der Waals surface area (Å²) in [4.78, 5) is 15.3. The molecule has 0 aliphatic carbocycles. The van der Waals surface area contributed by atoms with Gasteiger partial charge in [-0.05, 0) is 96.1 Å². The number of nitrogens with zero attached hydrogens (tertiary/aromatic N) is 6. The average Bonchev–Trinajstić information content (AvgIpc) is 1.63. The smallest absolute Gasteiger partial charge is 0.160 e. The zero-order chi connectivity index (χ0) is 58.5. The number of furan rings is 1. The summed E-state index contributed by atoms with van der Waals surface area (Å²) < 4.78 is 16.4. The molecule has 8 heteroatoms. The molecule has 0 fully saturated rings. The number of fused-ring (bicyclic) bond motifs is 16. The van der Waals surface area contributed by atoms with Gasteiger partial charge in [0.2, 0.25) is 0 Å². The Labute approximate surface area is 514 Å². The van der Waals surface area contributed by atoms with Gasteiger partial charge in [-0.25, -0.2) is 15.0 Å². The van der Waals surface area contributed by atoms with Crippen LogP contribution in [0.4, 0.5) is 0 Å². The largest absolute Gasteiger partial charge is 0.455 e. The van der Waals surface area contributed by atoms with Crippen LogP contribution >= 0.6 is 11.3 Å². The van der Waals surface area contributed by atoms with Crippen molar-refractivity contribution in [1.29, 1.82) is 0 Å². The number of rotatable bonds is 7. The van der Waals surface area contributed by atoms with E-state index in [2.05, 4.69) is 268 Å². The van der Waals surface area contributed by atoms with Gasteiger partial charge in [-0.1, -0.05) is 212 Å². The summed E-state index contributed by atoms with van der Waals surface area (Å²) in [5.74, 6) is 1.66. The minimum Gasteiger partial charge on any atom is -0.455 e. The van der Waals surface area contributed by atoms with Crippen LogP contribution in [0.25, 0.3) is 170 Å². The van der Waals surface area contributed by atoms with E-state index in [9.17, 15) is 0 Å². The Hall–Kier alpha value is -11.7. The molecule has 19 rings (SSSR count). The summed E-state index contributed by atoms with van der Waals surface area (Å²) in [7, 11) is 0. The monoisotopic (exact) mass is 1150 g/mol. The van der Waals surface area contributed by atoms with E-state index in [-0.39, 0.29) is 0 Å². The highest BCUT2D eigenvalue weighted by atomic mass is 32.1. The maximum absolute atomic E-state index is 6.84. The number of aromatic nitrogens is 6. The van der Waals surface area contributed by atoms with Crippen molar-refractivity contribution in [3.8, 4) is 62.2 Å². The van der Waals surface area contributed by atoms with Crippen LogP contribution in [-0.4, -0.2) is 28.7 Å². The predicted molar refractivity (Wildman–Crippen MR) is 371 cm³/mol. The van der Waals surface area contributed by atoms with Crippen LogP contribution in [-0.2, 0) is 0 Å². The highest BCUT2D eigenvalue weighted by Gasteiger charge is 2.25. The first kappa shape index (κ1) is 50.6. The Kier molecular flexibility index (Phi) is 11.6. The highest BCUT2D eigenvalue weighted by Crippen LogP contribution is 2.47. The summed E-state index contributed by atoms with van der Waals surface area (Å²) >= 11 is 1.82. The number of hydrogen-bond donors (Lipinski definition) is 0. The van der Waals surface area contributed by atoms with Gasteiger partial charge in [-0.3, -0.25) is 4.57 Å². The lowest BCUT2D eigenvalue weighted by Crippen LogP contribution is -1.97. The molecule has 7 heterocycles. The van der Waals surface area contributed by atoms with E-state index in [1.807, 2.05) is 60.0 Å². The summed E-state index contributed by atoms with van der Waals surface area (Å²) in [6, 6.07) is 105. The number of para-hydroxylation sites is 6. The van der Waals surface area contributed by atoms with Crippen molar-refractivity contribution in [2.75, 3.05) is 0 Å². The van der Waals surface area contributed by atoms with Crippen LogP contribution in [0.2, 0.25) is 0 Å². The van der Waals surface area contributed by atoms with E-state index in [4.69, 9.17) is 19.4 Å². The zero-order valence-electron chi connectivity index (χ0n) is 47.9. The standard InChI is InChI=1S/C46H29N3O.C35H21N3S/c1-4-15-30(16-5-1)33-21-14-22-34(27-33)49-41-25-12-10-23-35(41)37-28-38(45-43(44(37)49)36-24-11-13-26-42(36)50-45)40-29-39(31-17-6-2-7-18-31)47-46(48-40)32-19-8-3-9-20-32;1-5-13-29-23(9-1)24-10-2-6-14-30(24)37(29)22-17-18-33-28(21-22)27-19-20-36-35(34(27)39-33)38-31-15-7-3-11-25(31)26-12-4-8-16-32(26)38/h1-29H;1-21H. The van der Waals surface area contributed by atoms with Crippen LogP contribution in [0.15, 0.2) is 308 Å². The molecule has 7 nitrogen and oxygen atoms in total. The van der Waals surface area contributed by atoms with E-state index < -0.39 is 0 Å². The summed E-state index contributed by atoms with van der Waals surface area (Å²) in [5.41, 5.74) is 17.9. The van der Waals surface area contributed by atoms with Gasteiger partial charge in [-0.15, -0.1) is 11.3 Å². The van der Waals surface area contributed by atoms with Gasteiger partial charge in [0.15, 0.2) is 11.6 Å². The van der Waals surface area contributed by atoms with Gasteiger partial charge in [0.25, 0.3) is 0 Å². The summed E-state index contributed by atoms with van der Waals surface area (Å²) in [5, 5.41) is 12.0. The quantitative estimate of drug-likeness (QED) is 0.159. The van der Waals surface area contributed by atoms with Gasteiger partial charge in [0.05, 0.1) is 54.6 Å². The average molecular weight is 1160 g/mol. The molecule has 0 amide bonds. The van der Waals surface area contributed by atoms with Crippen molar-refractivity contribution in [2.24, 2.45) is 0 Å². The number of pyridine rings is 1. The van der Waals surface area contributed by atoms with Gasteiger partial charge >= 0.3 is 0 Å². The molecule has 0 saturated carbocycles. The molecule has 0 radical (unpaired) electrons. The lowest BCUT2D eigenvalue weighted by molar-refractivity contribution is 0.670. The fraction of sp³-hybridized carbons (Fsp3) is 0. The lowest BCUT2D eigenvalue weighted by atomic mass is 10.00. The molecule has 416 valence electrons. The van der Waals surface area contributed by atoms with Crippen molar-refractivity contribution < 1.29 is 4.42 Å². The molecule has 0 atom stereocenters. The minimum atomic E-state index is 0.673.